The van der Waals surface area contributed by atoms with E-state index in [1.165, 1.54) is 12.8 Å². The quantitative estimate of drug-likeness (QED) is 0.920. The van der Waals surface area contributed by atoms with Gasteiger partial charge in [-0.2, -0.15) is 0 Å². The highest BCUT2D eigenvalue weighted by atomic mass is 79.9. The summed E-state index contributed by atoms with van der Waals surface area (Å²) in [4.78, 5) is 0. The van der Waals surface area contributed by atoms with Gasteiger partial charge in [0.05, 0.1) is 0 Å². The Morgan fingerprint density at radius 2 is 1.76 bits per heavy atom. The van der Waals surface area contributed by atoms with Gasteiger partial charge in [-0.15, -0.1) is 0 Å². The normalized spacial score (nSPS) is 18.1. The van der Waals surface area contributed by atoms with E-state index in [1.54, 1.807) is 0 Å². The molecule has 0 atom stereocenters. The molecular formula is C14H20BrNO. The standard InChI is InChI=1S/C14H20BrNO/c1-14(2,11-7-9-16-10-8-11)17-13-5-3-12(15)4-6-13/h3-6,11,16H,7-10H2,1-2H3. The highest BCUT2D eigenvalue weighted by Gasteiger charge is 2.32. The average molecular weight is 298 g/mol. The molecule has 1 aliphatic rings. The fraction of sp³-hybridized carbons (Fsp3) is 0.571. The van der Waals surface area contributed by atoms with Gasteiger partial charge >= 0.3 is 0 Å². The summed E-state index contributed by atoms with van der Waals surface area (Å²) in [5.41, 5.74) is -0.0874. The molecular weight excluding hydrogens is 278 g/mol. The lowest BCUT2D eigenvalue weighted by atomic mass is 9.83. The second kappa shape index (κ2) is 5.40. The zero-order valence-electron chi connectivity index (χ0n) is 10.5. The zero-order chi connectivity index (χ0) is 12.3. The number of benzene rings is 1. The zero-order valence-corrected chi connectivity index (χ0v) is 12.1. The molecule has 1 aromatic rings. The minimum atomic E-state index is -0.0874. The van der Waals surface area contributed by atoms with Crippen LogP contribution in [-0.2, 0) is 0 Å². The summed E-state index contributed by atoms with van der Waals surface area (Å²) in [5, 5.41) is 3.40. The summed E-state index contributed by atoms with van der Waals surface area (Å²) >= 11 is 3.44. The third-order valence-electron chi connectivity index (χ3n) is 3.52. The Balaban J connectivity index is 2.02. The van der Waals surface area contributed by atoms with E-state index in [9.17, 15) is 0 Å². The molecule has 0 aliphatic carbocycles. The van der Waals surface area contributed by atoms with E-state index in [4.69, 9.17) is 4.74 Å². The first-order valence-corrected chi connectivity index (χ1v) is 7.02. The lowest BCUT2D eigenvalue weighted by Gasteiger charge is -2.37. The van der Waals surface area contributed by atoms with Crippen molar-refractivity contribution in [1.82, 2.24) is 5.32 Å². The largest absolute Gasteiger partial charge is 0.488 e. The van der Waals surface area contributed by atoms with Gasteiger partial charge in [-0.25, -0.2) is 0 Å². The van der Waals surface area contributed by atoms with Crippen LogP contribution < -0.4 is 10.1 Å². The first kappa shape index (κ1) is 12.9. The van der Waals surface area contributed by atoms with Crippen molar-refractivity contribution in [2.45, 2.75) is 32.3 Å². The molecule has 0 spiro atoms. The Morgan fingerprint density at radius 1 is 1.18 bits per heavy atom. The molecule has 2 nitrogen and oxygen atoms in total. The summed E-state index contributed by atoms with van der Waals surface area (Å²) in [6.45, 7) is 6.62. The molecule has 2 rings (SSSR count). The number of nitrogens with one attached hydrogen (secondary N) is 1. The molecule has 0 radical (unpaired) electrons. The van der Waals surface area contributed by atoms with Crippen molar-refractivity contribution < 1.29 is 4.74 Å². The van der Waals surface area contributed by atoms with Crippen molar-refractivity contribution in [3.05, 3.63) is 28.7 Å². The molecule has 94 valence electrons. The molecule has 1 heterocycles. The van der Waals surface area contributed by atoms with Crippen molar-refractivity contribution >= 4 is 15.9 Å². The Morgan fingerprint density at radius 3 is 2.35 bits per heavy atom. The first-order chi connectivity index (χ1) is 8.08. The van der Waals surface area contributed by atoms with Crippen LogP contribution in [0, 0.1) is 5.92 Å². The molecule has 17 heavy (non-hydrogen) atoms. The van der Waals surface area contributed by atoms with Crippen LogP contribution in [0.4, 0.5) is 0 Å². The maximum absolute atomic E-state index is 6.15. The van der Waals surface area contributed by atoms with Crippen molar-refractivity contribution in [2.24, 2.45) is 5.92 Å². The van der Waals surface area contributed by atoms with Crippen LogP contribution in [0.2, 0.25) is 0 Å². The smallest absolute Gasteiger partial charge is 0.120 e. The molecule has 3 heteroatoms. The molecule has 0 unspecified atom stereocenters. The van der Waals surface area contributed by atoms with Gasteiger partial charge < -0.3 is 10.1 Å². The summed E-state index contributed by atoms with van der Waals surface area (Å²) in [5.74, 6) is 1.59. The summed E-state index contributed by atoms with van der Waals surface area (Å²) in [6.07, 6.45) is 2.40. The summed E-state index contributed by atoms with van der Waals surface area (Å²) in [7, 11) is 0. The Bertz CT molecular complexity index is 355. The third-order valence-corrected chi connectivity index (χ3v) is 4.05. The van der Waals surface area contributed by atoms with Gasteiger partial charge in [0.15, 0.2) is 0 Å². The van der Waals surface area contributed by atoms with Crippen molar-refractivity contribution in [3.63, 3.8) is 0 Å². The van der Waals surface area contributed by atoms with Gasteiger partial charge in [0.2, 0.25) is 0 Å². The predicted octanol–water partition coefficient (Wildman–Crippen LogP) is 3.61. The van der Waals surface area contributed by atoms with Crippen LogP contribution in [0.1, 0.15) is 26.7 Å². The highest BCUT2D eigenvalue weighted by Crippen LogP contribution is 2.31. The molecule has 1 aromatic carbocycles. The van der Waals surface area contributed by atoms with Gasteiger partial charge in [0, 0.05) is 10.4 Å². The molecule has 1 aliphatic heterocycles. The monoisotopic (exact) mass is 297 g/mol. The Labute approximate surface area is 112 Å². The first-order valence-electron chi connectivity index (χ1n) is 6.23. The van der Waals surface area contributed by atoms with Gasteiger partial charge in [0.25, 0.3) is 0 Å². The van der Waals surface area contributed by atoms with Crippen LogP contribution in [0.25, 0.3) is 0 Å². The van der Waals surface area contributed by atoms with E-state index in [0.717, 1.165) is 23.3 Å². The molecule has 1 fully saturated rings. The lowest BCUT2D eigenvalue weighted by Crippen LogP contribution is -2.43. The van der Waals surface area contributed by atoms with Gasteiger partial charge in [-0.3, -0.25) is 0 Å². The molecule has 0 saturated carbocycles. The number of hydrogen-bond donors (Lipinski definition) is 1. The number of ether oxygens (including phenoxy) is 1. The van der Waals surface area contributed by atoms with E-state index < -0.39 is 0 Å². The summed E-state index contributed by atoms with van der Waals surface area (Å²) < 4.78 is 7.24. The van der Waals surface area contributed by atoms with Gasteiger partial charge in [-0.05, 0) is 64.0 Å². The SMILES string of the molecule is CC(C)(Oc1ccc(Br)cc1)C1CCNCC1. The summed E-state index contributed by atoms with van der Waals surface area (Å²) in [6, 6.07) is 8.08. The van der Waals surface area contributed by atoms with Crippen molar-refractivity contribution in [2.75, 3.05) is 13.1 Å². The fourth-order valence-corrected chi connectivity index (χ4v) is 2.67. The topological polar surface area (TPSA) is 21.3 Å². The maximum atomic E-state index is 6.15. The molecule has 1 saturated heterocycles. The average Bonchev–Trinajstić information content (AvgIpc) is 2.33. The number of halogens is 1. The highest BCUT2D eigenvalue weighted by molar-refractivity contribution is 9.10. The lowest BCUT2D eigenvalue weighted by molar-refractivity contribution is 0.0285. The minimum absolute atomic E-state index is 0.0874. The van der Waals surface area contributed by atoms with Crippen LogP contribution in [-0.4, -0.2) is 18.7 Å². The molecule has 1 N–H and O–H groups in total. The van der Waals surface area contributed by atoms with Crippen molar-refractivity contribution in [1.29, 1.82) is 0 Å². The molecule has 0 aromatic heterocycles. The van der Waals surface area contributed by atoms with Crippen LogP contribution in [0.5, 0.6) is 5.75 Å². The third kappa shape index (κ3) is 3.46. The minimum Gasteiger partial charge on any atom is -0.488 e. The van der Waals surface area contributed by atoms with E-state index in [-0.39, 0.29) is 5.60 Å². The maximum Gasteiger partial charge on any atom is 0.120 e. The second-order valence-electron chi connectivity index (χ2n) is 5.18. The fourth-order valence-electron chi connectivity index (χ4n) is 2.41. The Kier molecular flexibility index (Phi) is 4.10. The van der Waals surface area contributed by atoms with E-state index in [0.29, 0.717) is 5.92 Å². The van der Waals surface area contributed by atoms with Gasteiger partial charge in [0.1, 0.15) is 11.4 Å². The van der Waals surface area contributed by atoms with Crippen LogP contribution in [0.15, 0.2) is 28.7 Å². The molecule has 0 amide bonds. The number of piperidine rings is 1. The van der Waals surface area contributed by atoms with Crippen LogP contribution >= 0.6 is 15.9 Å². The second-order valence-corrected chi connectivity index (χ2v) is 6.10. The van der Waals surface area contributed by atoms with Crippen LogP contribution in [0.3, 0.4) is 0 Å². The van der Waals surface area contributed by atoms with E-state index >= 15 is 0 Å². The number of rotatable bonds is 3. The van der Waals surface area contributed by atoms with Crippen molar-refractivity contribution in [3.8, 4) is 5.75 Å². The van der Waals surface area contributed by atoms with E-state index in [1.807, 2.05) is 24.3 Å². The predicted molar refractivity (Wildman–Crippen MR) is 74.4 cm³/mol. The van der Waals surface area contributed by atoms with E-state index in [2.05, 4.69) is 35.1 Å². The number of hydrogen-bond acceptors (Lipinski definition) is 2. The van der Waals surface area contributed by atoms with Gasteiger partial charge in [-0.1, -0.05) is 15.9 Å². The molecule has 0 bridgehead atoms. The Hall–Kier alpha value is -0.540.